The molecule has 2 aromatic carbocycles. The Hall–Kier alpha value is -2.32. The zero-order valence-electron chi connectivity index (χ0n) is 10.5. The zero-order valence-corrected chi connectivity index (χ0v) is 10.5. The number of hydrogen-bond donors (Lipinski definition) is 1. The van der Waals surface area contributed by atoms with Crippen LogP contribution in [0, 0.1) is 28.8 Å². The molecule has 0 radical (unpaired) electrons. The molecule has 0 aromatic heterocycles. The molecule has 2 rings (SSSR count). The molecule has 0 saturated carbocycles. The van der Waals surface area contributed by atoms with E-state index in [9.17, 15) is 13.2 Å². The Labute approximate surface area is 114 Å². The summed E-state index contributed by atoms with van der Waals surface area (Å²) in [5.74, 6) is -1.81. The molecule has 0 aliphatic rings. The van der Waals surface area contributed by atoms with Gasteiger partial charge < -0.3 is 5.32 Å². The van der Waals surface area contributed by atoms with Crippen molar-refractivity contribution in [2.75, 3.05) is 0 Å². The lowest BCUT2D eigenvalue weighted by molar-refractivity contribution is 0.560. The van der Waals surface area contributed by atoms with Crippen molar-refractivity contribution in [1.82, 2.24) is 5.32 Å². The topological polar surface area (TPSA) is 35.8 Å². The number of nitrogens with one attached hydrogen (secondary N) is 1. The fourth-order valence-corrected chi connectivity index (χ4v) is 1.77. The van der Waals surface area contributed by atoms with E-state index in [0.717, 1.165) is 6.07 Å². The van der Waals surface area contributed by atoms with Crippen LogP contribution >= 0.6 is 0 Å². The number of hydrogen-bond acceptors (Lipinski definition) is 2. The van der Waals surface area contributed by atoms with Crippen LogP contribution in [0.5, 0.6) is 0 Å². The molecule has 0 aliphatic heterocycles. The molecule has 0 saturated heterocycles. The molecule has 20 heavy (non-hydrogen) atoms. The minimum atomic E-state index is -0.622. The van der Waals surface area contributed by atoms with Gasteiger partial charge in [0.1, 0.15) is 23.5 Å². The van der Waals surface area contributed by atoms with Gasteiger partial charge in [0.25, 0.3) is 0 Å². The third-order valence-electron chi connectivity index (χ3n) is 2.81. The summed E-state index contributed by atoms with van der Waals surface area (Å²) in [5.41, 5.74) is 1.02. The molecule has 2 nitrogen and oxygen atoms in total. The lowest BCUT2D eigenvalue weighted by Gasteiger charge is -2.07. The van der Waals surface area contributed by atoms with Crippen LogP contribution in [0.25, 0.3) is 0 Å². The van der Waals surface area contributed by atoms with Crippen molar-refractivity contribution in [3.63, 3.8) is 0 Å². The molecule has 0 amide bonds. The van der Waals surface area contributed by atoms with E-state index in [1.54, 1.807) is 12.1 Å². The van der Waals surface area contributed by atoms with E-state index in [4.69, 9.17) is 5.26 Å². The van der Waals surface area contributed by atoms with Gasteiger partial charge >= 0.3 is 0 Å². The molecule has 102 valence electrons. The van der Waals surface area contributed by atoms with Crippen LogP contribution in [-0.4, -0.2) is 0 Å². The van der Waals surface area contributed by atoms with Crippen molar-refractivity contribution in [3.05, 3.63) is 70.5 Å². The molecule has 2 aromatic rings. The molecular weight excluding hydrogens is 265 g/mol. The highest BCUT2D eigenvalue weighted by Crippen LogP contribution is 2.11. The largest absolute Gasteiger partial charge is 0.309 e. The Kier molecular flexibility index (Phi) is 4.38. The highest BCUT2D eigenvalue weighted by Gasteiger charge is 2.05. The molecule has 5 heteroatoms. The van der Waals surface area contributed by atoms with Crippen LogP contribution in [0.1, 0.15) is 16.7 Å². The highest BCUT2D eigenvalue weighted by molar-refractivity contribution is 5.34. The molecule has 0 unspecified atom stereocenters. The molecule has 0 bridgehead atoms. The second-order valence-corrected chi connectivity index (χ2v) is 4.27. The Morgan fingerprint density at radius 3 is 2.45 bits per heavy atom. The van der Waals surface area contributed by atoms with E-state index >= 15 is 0 Å². The molecule has 1 N–H and O–H groups in total. The summed E-state index contributed by atoms with van der Waals surface area (Å²) in [6.45, 7) is 0.567. The number of rotatable bonds is 4. The summed E-state index contributed by atoms with van der Waals surface area (Å²) in [7, 11) is 0. The summed E-state index contributed by atoms with van der Waals surface area (Å²) in [6, 6.07) is 9.32. The minimum Gasteiger partial charge on any atom is -0.309 e. The van der Waals surface area contributed by atoms with E-state index in [2.05, 4.69) is 5.32 Å². The van der Waals surface area contributed by atoms with Crippen molar-refractivity contribution in [2.24, 2.45) is 0 Å². The number of benzene rings is 2. The normalized spacial score (nSPS) is 10.3. The fraction of sp³-hybridized carbons (Fsp3) is 0.133. The predicted octanol–water partition coefficient (Wildman–Crippen LogP) is 3.27. The number of nitrogens with zero attached hydrogens (tertiary/aromatic N) is 1. The smallest absolute Gasteiger partial charge is 0.140 e. The van der Waals surface area contributed by atoms with Gasteiger partial charge in [-0.2, -0.15) is 5.26 Å². The standard InChI is InChI=1S/C15H11F3N2/c16-13-3-2-11(15(18)6-13)9-20-8-10-1-4-14(17)12(5-10)7-19/h1-6,20H,8-9H2. The van der Waals surface area contributed by atoms with Crippen molar-refractivity contribution < 1.29 is 13.2 Å². The summed E-state index contributed by atoms with van der Waals surface area (Å²) >= 11 is 0. The Balaban J connectivity index is 1.98. The summed E-state index contributed by atoms with van der Waals surface area (Å²) in [5, 5.41) is 11.7. The van der Waals surface area contributed by atoms with Crippen molar-refractivity contribution >= 4 is 0 Å². The maximum absolute atomic E-state index is 13.4. The van der Waals surface area contributed by atoms with Gasteiger partial charge in [0.15, 0.2) is 0 Å². The van der Waals surface area contributed by atoms with E-state index in [0.29, 0.717) is 17.7 Å². The summed E-state index contributed by atoms with van der Waals surface area (Å²) in [4.78, 5) is 0. The first-order valence-corrected chi connectivity index (χ1v) is 5.93. The van der Waals surface area contributed by atoms with Gasteiger partial charge in [-0.25, -0.2) is 13.2 Å². The third-order valence-corrected chi connectivity index (χ3v) is 2.81. The van der Waals surface area contributed by atoms with E-state index in [1.807, 2.05) is 0 Å². The lowest BCUT2D eigenvalue weighted by atomic mass is 10.1. The van der Waals surface area contributed by atoms with E-state index in [1.165, 1.54) is 24.3 Å². The van der Waals surface area contributed by atoms with Crippen LogP contribution in [0.15, 0.2) is 36.4 Å². The quantitative estimate of drug-likeness (QED) is 0.930. The van der Waals surface area contributed by atoms with Crippen LogP contribution in [0.2, 0.25) is 0 Å². The average molecular weight is 276 g/mol. The maximum Gasteiger partial charge on any atom is 0.140 e. The molecule has 0 aliphatic carbocycles. The average Bonchev–Trinajstić information content (AvgIpc) is 2.43. The Morgan fingerprint density at radius 2 is 1.75 bits per heavy atom. The van der Waals surface area contributed by atoms with Gasteiger partial charge in [-0.05, 0) is 23.8 Å². The van der Waals surface area contributed by atoms with E-state index in [-0.39, 0.29) is 12.1 Å². The summed E-state index contributed by atoms with van der Waals surface area (Å²) < 4.78 is 39.2. The van der Waals surface area contributed by atoms with Crippen molar-refractivity contribution in [1.29, 1.82) is 5.26 Å². The van der Waals surface area contributed by atoms with Gasteiger partial charge in [-0.15, -0.1) is 0 Å². The van der Waals surface area contributed by atoms with Crippen LogP contribution in [0.3, 0.4) is 0 Å². The van der Waals surface area contributed by atoms with Gasteiger partial charge in [0.05, 0.1) is 5.56 Å². The first kappa shape index (κ1) is 14.1. The Morgan fingerprint density at radius 1 is 0.950 bits per heavy atom. The van der Waals surface area contributed by atoms with Gasteiger partial charge in [0.2, 0.25) is 0 Å². The molecule has 0 fully saturated rings. The van der Waals surface area contributed by atoms with Crippen LogP contribution in [0.4, 0.5) is 13.2 Å². The fourth-order valence-electron chi connectivity index (χ4n) is 1.77. The number of halogens is 3. The van der Waals surface area contributed by atoms with Gasteiger partial charge in [-0.3, -0.25) is 0 Å². The zero-order chi connectivity index (χ0) is 14.5. The minimum absolute atomic E-state index is 0.0303. The maximum atomic E-state index is 13.4. The number of nitriles is 1. The SMILES string of the molecule is N#Cc1cc(CNCc2ccc(F)cc2F)ccc1F. The predicted molar refractivity (Wildman–Crippen MR) is 68.0 cm³/mol. The first-order valence-electron chi connectivity index (χ1n) is 5.93. The third kappa shape index (κ3) is 3.37. The molecular formula is C15H11F3N2. The second kappa shape index (κ2) is 6.22. The first-order chi connectivity index (χ1) is 9.60. The van der Waals surface area contributed by atoms with Crippen LogP contribution in [-0.2, 0) is 13.1 Å². The second-order valence-electron chi connectivity index (χ2n) is 4.27. The van der Waals surface area contributed by atoms with Gasteiger partial charge in [-0.1, -0.05) is 12.1 Å². The summed E-state index contributed by atoms with van der Waals surface area (Å²) in [6.07, 6.45) is 0. The van der Waals surface area contributed by atoms with Gasteiger partial charge in [0, 0.05) is 24.7 Å². The highest BCUT2D eigenvalue weighted by atomic mass is 19.1. The monoisotopic (exact) mass is 276 g/mol. The van der Waals surface area contributed by atoms with Crippen LogP contribution < -0.4 is 5.32 Å². The molecule has 0 atom stereocenters. The van der Waals surface area contributed by atoms with Crippen molar-refractivity contribution in [3.8, 4) is 6.07 Å². The molecule has 0 spiro atoms. The van der Waals surface area contributed by atoms with E-state index < -0.39 is 17.5 Å². The Bertz CT molecular complexity index is 663. The lowest BCUT2D eigenvalue weighted by Crippen LogP contribution is -2.14. The molecule has 0 heterocycles. The van der Waals surface area contributed by atoms with Crippen molar-refractivity contribution in [2.45, 2.75) is 13.1 Å².